The van der Waals surface area contributed by atoms with Crippen LogP contribution in [0.2, 0.25) is 0 Å². The van der Waals surface area contributed by atoms with Crippen LogP contribution in [0.15, 0.2) is 12.1 Å². The molecule has 1 unspecified atom stereocenters. The maximum Gasteiger partial charge on any atom is 0.393 e. The van der Waals surface area contributed by atoms with Gasteiger partial charge in [0.1, 0.15) is 17.3 Å². The molecule has 1 saturated heterocycles. The minimum atomic E-state index is -4.32. The number of rotatable bonds is 2. The fourth-order valence-corrected chi connectivity index (χ4v) is 2.55. The third kappa shape index (κ3) is 3.01. The molecule has 0 saturated carbocycles. The van der Waals surface area contributed by atoms with Crippen molar-refractivity contribution in [2.75, 3.05) is 18.0 Å². The highest BCUT2D eigenvalue weighted by Crippen LogP contribution is 2.37. The zero-order valence-corrected chi connectivity index (χ0v) is 11.4. The van der Waals surface area contributed by atoms with Crippen LogP contribution in [0.25, 0.3) is 0 Å². The molecule has 0 aromatic heterocycles. The van der Waals surface area contributed by atoms with Crippen molar-refractivity contribution in [3.05, 3.63) is 29.3 Å². The second-order valence-electron chi connectivity index (χ2n) is 4.51. The van der Waals surface area contributed by atoms with Gasteiger partial charge in [0.2, 0.25) is 0 Å². The number of halogens is 6. The average molecular weight is 344 g/mol. The summed E-state index contributed by atoms with van der Waals surface area (Å²) < 4.78 is 65.2. The van der Waals surface area contributed by atoms with Crippen LogP contribution in [0.4, 0.5) is 27.6 Å². The molecule has 2 rings (SSSR count). The molecule has 1 nitrogen and oxygen atoms in total. The first-order valence-electron chi connectivity index (χ1n) is 5.68. The highest BCUT2D eigenvalue weighted by Gasteiger charge is 2.44. The maximum atomic E-state index is 13.8. The van der Waals surface area contributed by atoms with Crippen LogP contribution < -0.4 is 4.90 Å². The van der Waals surface area contributed by atoms with E-state index in [0.29, 0.717) is 5.56 Å². The third-order valence-electron chi connectivity index (χ3n) is 3.20. The number of hydrogen-bond donors (Lipinski definition) is 0. The van der Waals surface area contributed by atoms with Gasteiger partial charge in [-0.25, -0.2) is 8.78 Å². The van der Waals surface area contributed by atoms with E-state index in [4.69, 9.17) is 0 Å². The van der Waals surface area contributed by atoms with Crippen LogP contribution in [0.1, 0.15) is 12.0 Å². The van der Waals surface area contributed by atoms with Crippen LogP contribution in [0.5, 0.6) is 0 Å². The molecule has 1 heterocycles. The number of hydrogen-bond acceptors (Lipinski definition) is 1. The summed E-state index contributed by atoms with van der Waals surface area (Å²) in [6.07, 6.45) is -4.46. The first-order valence-corrected chi connectivity index (χ1v) is 6.80. The second-order valence-corrected chi connectivity index (χ2v) is 5.08. The lowest BCUT2D eigenvalue weighted by Gasteiger charge is -2.21. The average Bonchev–Trinajstić information content (AvgIpc) is 2.76. The standard InChI is InChI=1S/C12H11BrF5N/c13-5-7-3-9(14)11(10(15)4-7)19-2-1-8(6-19)12(16,17)18/h3-4,8H,1-2,5-6H2. The van der Waals surface area contributed by atoms with E-state index in [2.05, 4.69) is 15.9 Å². The molecule has 1 fully saturated rings. The first kappa shape index (κ1) is 14.6. The lowest BCUT2D eigenvalue weighted by atomic mass is 10.1. The van der Waals surface area contributed by atoms with Gasteiger partial charge >= 0.3 is 6.18 Å². The fraction of sp³-hybridized carbons (Fsp3) is 0.500. The Morgan fingerprint density at radius 1 is 1.21 bits per heavy atom. The number of nitrogens with zero attached hydrogens (tertiary/aromatic N) is 1. The van der Waals surface area contributed by atoms with Gasteiger partial charge in [-0.1, -0.05) is 15.9 Å². The predicted octanol–water partition coefficient (Wildman–Crippen LogP) is 4.25. The molecule has 0 N–H and O–H groups in total. The van der Waals surface area contributed by atoms with E-state index in [-0.39, 0.29) is 24.0 Å². The van der Waals surface area contributed by atoms with E-state index in [1.807, 2.05) is 0 Å². The van der Waals surface area contributed by atoms with Crippen molar-refractivity contribution >= 4 is 21.6 Å². The van der Waals surface area contributed by atoms with Crippen molar-refractivity contribution in [1.29, 1.82) is 0 Å². The summed E-state index contributed by atoms with van der Waals surface area (Å²) in [5.41, 5.74) is 0.0433. The monoisotopic (exact) mass is 343 g/mol. The van der Waals surface area contributed by atoms with E-state index in [0.717, 1.165) is 17.0 Å². The summed E-state index contributed by atoms with van der Waals surface area (Å²) in [5.74, 6) is -3.17. The van der Waals surface area contributed by atoms with E-state index in [1.165, 1.54) is 0 Å². The Morgan fingerprint density at radius 3 is 2.21 bits per heavy atom. The van der Waals surface area contributed by atoms with Crippen molar-refractivity contribution in [1.82, 2.24) is 0 Å². The quantitative estimate of drug-likeness (QED) is 0.573. The van der Waals surface area contributed by atoms with Gasteiger partial charge in [-0.3, -0.25) is 0 Å². The van der Waals surface area contributed by atoms with Gasteiger partial charge in [-0.2, -0.15) is 13.2 Å². The minimum Gasteiger partial charge on any atom is -0.366 e. The Balaban J connectivity index is 2.25. The Bertz CT molecular complexity index is 451. The highest BCUT2D eigenvalue weighted by molar-refractivity contribution is 9.08. The summed E-state index contributed by atoms with van der Waals surface area (Å²) in [4.78, 5) is 1.13. The maximum absolute atomic E-state index is 13.8. The molecule has 0 amide bonds. The topological polar surface area (TPSA) is 3.24 Å². The Kier molecular flexibility index (Phi) is 4.03. The minimum absolute atomic E-state index is 0.00563. The highest BCUT2D eigenvalue weighted by atomic mass is 79.9. The lowest BCUT2D eigenvalue weighted by Crippen LogP contribution is -2.28. The van der Waals surface area contributed by atoms with Crippen molar-refractivity contribution in [3.8, 4) is 0 Å². The first-order chi connectivity index (χ1) is 8.82. The van der Waals surface area contributed by atoms with Gasteiger partial charge in [-0.05, 0) is 24.1 Å². The zero-order chi connectivity index (χ0) is 14.2. The molecule has 0 aliphatic carbocycles. The summed E-state index contributed by atoms with van der Waals surface area (Å²) >= 11 is 3.07. The van der Waals surface area contributed by atoms with Gasteiger partial charge < -0.3 is 4.90 Å². The van der Waals surface area contributed by atoms with Crippen LogP contribution >= 0.6 is 15.9 Å². The largest absolute Gasteiger partial charge is 0.393 e. The van der Waals surface area contributed by atoms with Crippen molar-refractivity contribution in [3.63, 3.8) is 0 Å². The lowest BCUT2D eigenvalue weighted by molar-refractivity contribution is -0.168. The van der Waals surface area contributed by atoms with Crippen LogP contribution in [0.3, 0.4) is 0 Å². The molecule has 0 bridgehead atoms. The van der Waals surface area contributed by atoms with Gasteiger partial charge in [-0.15, -0.1) is 0 Å². The van der Waals surface area contributed by atoms with E-state index >= 15 is 0 Å². The normalized spacial score (nSPS) is 20.1. The second kappa shape index (κ2) is 5.26. The Hall–Kier alpha value is -0.850. The fourth-order valence-electron chi connectivity index (χ4n) is 2.23. The van der Waals surface area contributed by atoms with Gasteiger partial charge in [0.25, 0.3) is 0 Å². The molecule has 106 valence electrons. The van der Waals surface area contributed by atoms with Crippen LogP contribution in [0, 0.1) is 17.6 Å². The van der Waals surface area contributed by atoms with Gasteiger partial charge in [0, 0.05) is 18.4 Å². The molecule has 7 heteroatoms. The number of alkyl halides is 4. The van der Waals surface area contributed by atoms with E-state index in [1.54, 1.807) is 0 Å². The molecule has 1 aliphatic heterocycles. The van der Waals surface area contributed by atoms with Crippen molar-refractivity contribution in [2.24, 2.45) is 5.92 Å². The molecule has 1 atom stereocenters. The molecule has 1 aromatic carbocycles. The number of anilines is 1. The molecule has 19 heavy (non-hydrogen) atoms. The van der Waals surface area contributed by atoms with Crippen molar-refractivity contribution < 1.29 is 22.0 Å². The molecular weight excluding hydrogens is 333 g/mol. The zero-order valence-electron chi connectivity index (χ0n) is 9.78. The van der Waals surface area contributed by atoms with Crippen molar-refractivity contribution in [2.45, 2.75) is 17.9 Å². The summed E-state index contributed by atoms with van der Waals surface area (Å²) in [6, 6.07) is 2.27. The molecular formula is C12H11BrF5N. The van der Waals surface area contributed by atoms with Gasteiger partial charge in [0.05, 0.1) is 5.92 Å². The van der Waals surface area contributed by atoms with Gasteiger partial charge in [0.15, 0.2) is 0 Å². The molecule has 1 aromatic rings. The molecule has 0 spiro atoms. The summed E-state index contributed by atoms with van der Waals surface area (Å²) in [6.45, 7) is -0.392. The Morgan fingerprint density at radius 2 is 1.79 bits per heavy atom. The van der Waals surface area contributed by atoms with E-state index < -0.39 is 30.3 Å². The predicted molar refractivity (Wildman–Crippen MR) is 65.4 cm³/mol. The summed E-state index contributed by atoms with van der Waals surface area (Å²) in [5, 5.41) is 0.284. The van der Waals surface area contributed by atoms with E-state index in [9.17, 15) is 22.0 Å². The Labute approximate surface area is 115 Å². The smallest absolute Gasteiger partial charge is 0.366 e. The summed E-state index contributed by atoms with van der Waals surface area (Å²) in [7, 11) is 0. The molecule has 1 aliphatic rings. The van der Waals surface area contributed by atoms with Crippen LogP contribution in [-0.4, -0.2) is 19.3 Å². The third-order valence-corrected chi connectivity index (χ3v) is 3.85. The van der Waals surface area contributed by atoms with Crippen LogP contribution in [-0.2, 0) is 5.33 Å². The number of benzene rings is 1. The SMILES string of the molecule is Fc1cc(CBr)cc(F)c1N1CCC(C(F)(F)F)C1. The molecule has 0 radical (unpaired) electrons.